The fraction of sp³-hybridized carbons (Fsp3) is 0.115. The van der Waals surface area contributed by atoms with Gasteiger partial charge in [-0.3, -0.25) is 9.67 Å². The van der Waals surface area contributed by atoms with Crippen molar-refractivity contribution < 1.29 is 4.39 Å². The number of fused-ring (bicyclic) bond motifs is 2. The molecule has 0 bridgehead atoms. The van der Waals surface area contributed by atoms with E-state index in [1.54, 1.807) is 18.3 Å². The lowest BCUT2D eigenvalue weighted by atomic mass is 9.94. The van der Waals surface area contributed by atoms with Crippen molar-refractivity contribution >= 4 is 16.6 Å². The Morgan fingerprint density at radius 2 is 1.81 bits per heavy atom. The van der Waals surface area contributed by atoms with E-state index in [1.807, 2.05) is 42.5 Å². The van der Waals surface area contributed by atoms with Gasteiger partial charge >= 0.3 is 0 Å². The van der Waals surface area contributed by atoms with Gasteiger partial charge in [0.15, 0.2) is 0 Å². The highest BCUT2D eigenvalue weighted by molar-refractivity contribution is 6.00. The number of hydrogen-bond donors (Lipinski definition) is 1. The van der Waals surface area contributed by atoms with Gasteiger partial charge in [-0.15, -0.1) is 0 Å². The molecule has 1 aliphatic heterocycles. The third kappa shape index (κ3) is 2.95. The number of pyridine rings is 2. The van der Waals surface area contributed by atoms with Crippen LogP contribution in [0.3, 0.4) is 0 Å². The number of anilines is 1. The van der Waals surface area contributed by atoms with E-state index in [0.29, 0.717) is 11.3 Å². The number of benzene rings is 2. The largest absolute Gasteiger partial charge is 0.396 e. The molecule has 6 heteroatoms. The summed E-state index contributed by atoms with van der Waals surface area (Å²) in [7, 11) is 0. The number of halogens is 1. The molecule has 1 aliphatic rings. The van der Waals surface area contributed by atoms with Crippen molar-refractivity contribution in [3.8, 4) is 33.8 Å². The number of para-hydroxylation sites is 1. The zero-order chi connectivity index (χ0) is 21.7. The van der Waals surface area contributed by atoms with E-state index >= 15 is 0 Å². The van der Waals surface area contributed by atoms with Gasteiger partial charge < -0.3 is 5.73 Å². The molecule has 0 amide bonds. The van der Waals surface area contributed by atoms with Crippen LogP contribution in [0.25, 0.3) is 44.7 Å². The van der Waals surface area contributed by atoms with E-state index in [-0.39, 0.29) is 5.69 Å². The summed E-state index contributed by atoms with van der Waals surface area (Å²) in [5.41, 5.74) is 13.1. The number of nitrogen functional groups attached to an aromatic ring is 1. The zero-order valence-electron chi connectivity index (χ0n) is 17.3. The van der Waals surface area contributed by atoms with Crippen molar-refractivity contribution in [2.24, 2.45) is 0 Å². The molecule has 2 N–H and O–H groups in total. The van der Waals surface area contributed by atoms with Gasteiger partial charge in [0, 0.05) is 34.9 Å². The summed E-state index contributed by atoms with van der Waals surface area (Å²) in [5.74, 6) is -0.445. The predicted octanol–water partition coefficient (Wildman–Crippen LogP) is 5.49. The van der Waals surface area contributed by atoms with Crippen molar-refractivity contribution in [1.82, 2.24) is 19.7 Å². The summed E-state index contributed by atoms with van der Waals surface area (Å²) >= 11 is 0. The van der Waals surface area contributed by atoms with Crippen LogP contribution in [0.5, 0.6) is 0 Å². The first-order valence-electron chi connectivity index (χ1n) is 10.7. The predicted molar refractivity (Wildman–Crippen MR) is 124 cm³/mol. The average Bonchev–Trinajstić information content (AvgIpc) is 3.42. The minimum absolute atomic E-state index is 0.127. The van der Waals surface area contributed by atoms with Crippen molar-refractivity contribution in [1.29, 1.82) is 0 Å². The summed E-state index contributed by atoms with van der Waals surface area (Å²) in [5, 5.41) is 5.96. The number of aryl methyl sites for hydroxylation is 1. The molecule has 156 valence electrons. The van der Waals surface area contributed by atoms with Crippen LogP contribution in [0.15, 0.2) is 72.9 Å². The average molecular weight is 421 g/mol. The molecule has 0 aliphatic carbocycles. The smallest absolute Gasteiger partial charge is 0.146 e. The highest BCUT2D eigenvalue weighted by Crippen LogP contribution is 2.41. The molecule has 0 atom stereocenters. The number of aromatic nitrogens is 4. The van der Waals surface area contributed by atoms with Crippen LogP contribution in [0, 0.1) is 5.82 Å². The molecule has 0 fully saturated rings. The molecule has 0 radical (unpaired) electrons. The molecule has 0 spiro atoms. The van der Waals surface area contributed by atoms with Crippen LogP contribution < -0.4 is 5.73 Å². The fourth-order valence-corrected chi connectivity index (χ4v) is 4.51. The SMILES string of the molecule is Nc1ccc(-c2cc(-c3c(-c4ccccn4)nn4c3CCC4)c3ccccc3n2)cc1F. The van der Waals surface area contributed by atoms with Gasteiger partial charge in [0.1, 0.15) is 11.5 Å². The van der Waals surface area contributed by atoms with Gasteiger partial charge in [0.05, 0.1) is 22.6 Å². The molecule has 6 rings (SSSR count). The summed E-state index contributed by atoms with van der Waals surface area (Å²) in [4.78, 5) is 9.41. The first-order chi connectivity index (χ1) is 15.7. The third-order valence-electron chi connectivity index (χ3n) is 6.03. The van der Waals surface area contributed by atoms with E-state index in [0.717, 1.165) is 52.8 Å². The molecular weight excluding hydrogens is 401 g/mol. The molecular formula is C26H20FN5. The second-order valence-electron chi connectivity index (χ2n) is 8.02. The minimum atomic E-state index is -0.445. The topological polar surface area (TPSA) is 69.6 Å². The van der Waals surface area contributed by atoms with Crippen molar-refractivity contribution in [3.63, 3.8) is 0 Å². The molecule has 2 aromatic carbocycles. The van der Waals surface area contributed by atoms with Crippen molar-refractivity contribution in [2.45, 2.75) is 19.4 Å². The second kappa shape index (κ2) is 7.27. The van der Waals surface area contributed by atoms with Crippen molar-refractivity contribution in [3.05, 3.63) is 84.4 Å². The summed E-state index contributed by atoms with van der Waals surface area (Å²) in [6, 6.07) is 20.8. The van der Waals surface area contributed by atoms with E-state index in [2.05, 4.69) is 15.7 Å². The summed E-state index contributed by atoms with van der Waals surface area (Å²) < 4.78 is 16.3. The Kier molecular flexibility index (Phi) is 4.24. The Bertz CT molecular complexity index is 1470. The van der Waals surface area contributed by atoms with E-state index < -0.39 is 5.82 Å². The van der Waals surface area contributed by atoms with Crippen LogP contribution in [0.4, 0.5) is 10.1 Å². The first kappa shape index (κ1) is 18.7. The maximum atomic E-state index is 14.2. The third-order valence-corrected chi connectivity index (χ3v) is 6.03. The Hall–Kier alpha value is -4.06. The minimum Gasteiger partial charge on any atom is -0.396 e. The molecule has 3 aromatic heterocycles. The van der Waals surface area contributed by atoms with Gasteiger partial charge in [0.25, 0.3) is 0 Å². The molecule has 0 saturated heterocycles. The van der Waals surface area contributed by atoms with Gasteiger partial charge in [-0.1, -0.05) is 30.3 Å². The molecule has 4 heterocycles. The van der Waals surface area contributed by atoms with E-state index in [9.17, 15) is 4.39 Å². The highest BCUT2D eigenvalue weighted by Gasteiger charge is 2.26. The zero-order valence-corrected chi connectivity index (χ0v) is 17.3. The second-order valence-corrected chi connectivity index (χ2v) is 8.02. The van der Waals surface area contributed by atoms with E-state index in [4.69, 9.17) is 15.8 Å². The number of nitrogens with two attached hydrogens (primary N) is 1. The lowest BCUT2D eigenvalue weighted by molar-refractivity contribution is 0.633. The van der Waals surface area contributed by atoms with E-state index in [1.165, 1.54) is 11.8 Å². The van der Waals surface area contributed by atoms with Crippen LogP contribution in [-0.4, -0.2) is 19.7 Å². The maximum Gasteiger partial charge on any atom is 0.146 e. The number of rotatable bonds is 3. The number of nitrogens with zero attached hydrogens (tertiary/aromatic N) is 4. The summed E-state index contributed by atoms with van der Waals surface area (Å²) in [6.45, 7) is 0.897. The van der Waals surface area contributed by atoms with Crippen LogP contribution in [0.2, 0.25) is 0 Å². The Morgan fingerprint density at radius 1 is 0.938 bits per heavy atom. The quantitative estimate of drug-likeness (QED) is 0.391. The highest BCUT2D eigenvalue weighted by atomic mass is 19.1. The van der Waals surface area contributed by atoms with Gasteiger partial charge in [-0.25, -0.2) is 9.37 Å². The molecule has 0 saturated carbocycles. The van der Waals surface area contributed by atoms with Crippen LogP contribution in [0.1, 0.15) is 12.1 Å². The molecule has 0 unspecified atom stereocenters. The standard InChI is InChI=1S/C26H20FN5/c27-19-14-16(10-11-20(19)28)23-15-18(17-6-1-2-7-21(17)30-23)25-24-9-5-13-32(24)31-26(25)22-8-3-4-12-29-22/h1-4,6-8,10-12,14-15H,5,9,13,28H2. The van der Waals surface area contributed by atoms with Gasteiger partial charge in [0.2, 0.25) is 0 Å². The first-order valence-corrected chi connectivity index (χ1v) is 10.7. The maximum absolute atomic E-state index is 14.2. The molecule has 5 aromatic rings. The molecule has 5 nitrogen and oxygen atoms in total. The fourth-order valence-electron chi connectivity index (χ4n) is 4.51. The monoisotopic (exact) mass is 421 g/mol. The normalized spacial score (nSPS) is 12.9. The van der Waals surface area contributed by atoms with Crippen LogP contribution >= 0.6 is 0 Å². The van der Waals surface area contributed by atoms with Crippen molar-refractivity contribution in [2.75, 3.05) is 5.73 Å². The lowest BCUT2D eigenvalue weighted by Crippen LogP contribution is -1.95. The van der Waals surface area contributed by atoms with Gasteiger partial charge in [-0.05, 0) is 54.8 Å². The van der Waals surface area contributed by atoms with Crippen LogP contribution in [-0.2, 0) is 13.0 Å². The Balaban J connectivity index is 1.66. The van der Waals surface area contributed by atoms with Gasteiger partial charge in [-0.2, -0.15) is 5.10 Å². The summed E-state index contributed by atoms with van der Waals surface area (Å²) in [6.07, 6.45) is 3.81. The molecule has 32 heavy (non-hydrogen) atoms. The Morgan fingerprint density at radius 3 is 2.66 bits per heavy atom. The number of hydrogen-bond acceptors (Lipinski definition) is 4. The Labute approximate surface area is 184 Å². The lowest BCUT2D eigenvalue weighted by Gasteiger charge is -2.12.